The van der Waals surface area contributed by atoms with Crippen LogP contribution in [0.3, 0.4) is 0 Å². The predicted molar refractivity (Wildman–Crippen MR) is 268 cm³/mol. The number of nitrogens with one attached hydrogen (secondary N) is 2. The minimum atomic E-state index is -1.21. The van der Waals surface area contributed by atoms with Gasteiger partial charge in [-0.15, -0.1) is 0 Å². The van der Waals surface area contributed by atoms with Crippen molar-refractivity contribution in [3.8, 4) is 5.75 Å². The van der Waals surface area contributed by atoms with Crippen molar-refractivity contribution in [2.45, 2.75) is 80.8 Å². The fraction of sp³-hybridized carbons (Fsp3) is 0.419. The van der Waals surface area contributed by atoms with Gasteiger partial charge in [-0.05, 0) is 55.5 Å². The molecule has 2 aromatic carbocycles. The molecule has 1 aliphatic rings. The van der Waals surface area contributed by atoms with E-state index in [4.69, 9.17) is 95.7 Å². The molecule has 1 amide bonds. The summed E-state index contributed by atoms with van der Waals surface area (Å²) < 4.78 is 0. The second kappa shape index (κ2) is 47.4. The first-order valence-electron chi connectivity index (χ1n) is 21.7. The first-order chi connectivity index (χ1) is 35.7. The number of primary amides is 1. The number of imidazole rings is 1. The number of phenolic OH excluding ortho intramolecular Hbond substituents is 1. The van der Waals surface area contributed by atoms with Crippen LogP contribution in [0.2, 0.25) is 0 Å². The number of nitrogens with zero attached hydrogens (tertiary/aromatic N) is 1. The van der Waals surface area contributed by atoms with Gasteiger partial charge in [0.05, 0.1) is 44.7 Å². The molecule has 32 N–H and O–H groups in total. The Balaban J connectivity index is -0.000000257. The molecule has 436 valence electrons. The Hall–Kier alpha value is -8.29. The number of phenols is 1. The zero-order valence-electron chi connectivity index (χ0n) is 41.3. The average molecular weight is 1110 g/mol. The number of aliphatic hydroxyl groups excluding tert-OH is 2. The van der Waals surface area contributed by atoms with Crippen LogP contribution in [0, 0.1) is 0 Å². The van der Waals surface area contributed by atoms with E-state index in [1.54, 1.807) is 18.3 Å². The highest BCUT2D eigenvalue weighted by atomic mass is 16.4. The molecule has 2 heterocycles. The van der Waals surface area contributed by atoms with Crippen molar-refractivity contribution in [3.63, 3.8) is 0 Å². The largest absolute Gasteiger partial charge is 0.508 e. The molecular weight excluding hydrogens is 1040 g/mol. The van der Waals surface area contributed by atoms with Crippen molar-refractivity contribution in [2.24, 2.45) is 51.6 Å². The first-order valence-corrected chi connectivity index (χ1v) is 21.7. The van der Waals surface area contributed by atoms with Crippen LogP contribution in [0.5, 0.6) is 5.75 Å². The number of aliphatic carboxylic acids is 9. The molecule has 77 heavy (non-hydrogen) atoms. The maximum atomic E-state index is 10.4. The number of carboxylic acids is 9. The van der Waals surface area contributed by atoms with Crippen LogP contribution < -0.4 is 56.9 Å². The molecule has 0 aliphatic carbocycles. The van der Waals surface area contributed by atoms with Gasteiger partial charge in [-0.2, -0.15) is 0 Å². The lowest BCUT2D eigenvalue weighted by atomic mass is 10.1. The highest BCUT2D eigenvalue weighted by molar-refractivity contribution is 5.83. The second-order valence-corrected chi connectivity index (χ2v) is 14.7. The summed E-state index contributed by atoms with van der Waals surface area (Å²) in [6.45, 7) is -0.707. The van der Waals surface area contributed by atoms with Crippen LogP contribution in [0.25, 0.3) is 0 Å². The van der Waals surface area contributed by atoms with Gasteiger partial charge in [0.25, 0.3) is 0 Å². The number of benzene rings is 2. The van der Waals surface area contributed by atoms with Crippen LogP contribution in [-0.2, 0) is 67.2 Å². The number of aromatic hydroxyl groups is 1. The summed E-state index contributed by atoms with van der Waals surface area (Å²) in [4.78, 5) is 105. The normalized spacial score (nSPS) is 13.7. The van der Waals surface area contributed by atoms with E-state index in [0.717, 1.165) is 30.5 Å². The zero-order valence-corrected chi connectivity index (χ0v) is 41.3. The van der Waals surface area contributed by atoms with E-state index >= 15 is 0 Å². The molecule has 0 unspecified atom stereocenters. The number of hydrogen-bond acceptors (Lipinski definition) is 23. The lowest BCUT2D eigenvalue weighted by Gasteiger charge is -2.05. The van der Waals surface area contributed by atoms with Crippen molar-refractivity contribution in [1.29, 1.82) is 0 Å². The Bertz CT molecular complexity index is 2100. The number of H-pyrrole nitrogens is 1. The maximum absolute atomic E-state index is 10.4. The molecular formula is C43H72N12O22. The molecule has 34 heteroatoms. The number of carboxylic acid groups (broad SMARTS) is 9. The molecule has 1 saturated heterocycles. The SMILES string of the molecule is NC(=O)C[C@H](N)C(=O)O.NCC(=O)O.NCC(=O)O.N[C@@H](CO)C(=O)O.N[C@@H](CO)C(=O)O.N[C@@H](Cc1c[nH]cn1)C(=O)O.N[C@@H](Cc1ccc(O)cc1)C(=O)O.N[C@@H](Cc1ccccc1)C(=O)O.O=C(O)[C@@H]1CCCN1. The smallest absolute Gasteiger partial charge is 0.322 e. The third-order valence-electron chi connectivity index (χ3n) is 8.10. The highest BCUT2D eigenvalue weighted by Crippen LogP contribution is 2.11. The summed E-state index contributed by atoms with van der Waals surface area (Å²) in [5.41, 5.74) is 46.6. The molecule has 1 aromatic heterocycles. The van der Waals surface area contributed by atoms with Crippen molar-refractivity contribution in [3.05, 3.63) is 83.9 Å². The minimum absolute atomic E-state index is 0.160. The Morgan fingerprint density at radius 1 is 0.545 bits per heavy atom. The van der Waals surface area contributed by atoms with Gasteiger partial charge >= 0.3 is 53.7 Å². The van der Waals surface area contributed by atoms with E-state index in [1.807, 2.05) is 30.3 Å². The van der Waals surface area contributed by atoms with E-state index in [2.05, 4.69) is 32.5 Å². The Morgan fingerprint density at radius 3 is 1.14 bits per heavy atom. The monoisotopic (exact) mass is 1110 g/mol. The minimum Gasteiger partial charge on any atom is -0.508 e. The van der Waals surface area contributed by atoms with Crippen LogP contribution in [-0.4, -0.2) is 206 Å². The summed E-state index contributed by atoms with van der Waals surface area (Å²) >= 11 is 0. The van der Waals surface area contributed by atoms with Gasteiger partial charge in [0, 0.05) is 12.6 Å². The Morgan fingerprint density at radius 2 is 0.909 bits per heavy atom. The number of carbonyl (C=O) groups is 10. The zero-order chi connectivity index (χ0) is 60.8. The van der Waals surface area contributed by atoms with Gasteiger partial charge in [-0.3, -0.25) is 47.9 Å². The molecule has 4 rings (SSSR count). The second-order valence-electron chi connectivity index (χ2n) is 14.7. The highest BCUT2D eigenvalue weighted by Gasteiger charge is 2.20. The molecule has 0 radical (unpaired) electrons. The molecule has 7 atom stereocenters. The number of aliphatic hydroxyl groups is 2. The van der Waals surface area contributed by atoms with E-state index < -0.39 is 109 Å². The van der Waals surface area contributed by atoms with Gasteiger partial charge in [0.15, 0.2) is 0 Å². The number of aromatic nitrogens is 2. The average Bonchev–Trinajstić information content (AvgIpc) is 4.12. The Kier molecular flexibility index (Phi) is 47.8. The van der Waals surface area contributed by atoms with Crippen molar-refractivity contribution < 1.29 is 109 Å². The fourth-order valence-electron chi connectivity index (χ4n) is 4.00. The fourth-order valence-corrected chi connectivity index (χ4v) is 4.00. The molecule has 1 fully saturated rings. The summed E-state index contributed by atoms with van der Waals surface area (Å²) in [5.74, 6) is -9.76. The molecule has 0 spiro atoms. The topological polar surface area (TPSA) is 688 Å². The lowest BCUT2D eigenvalue weighted by Crippen LogP contribution is -2.34. The molecule has 1 aliphatic heterocycles. The van der Waals surface area contributed by atoms with Gasteiger partial charge in [0.1, 0.15) is 48.0 Å². The molecule has 3 aromatic rings. The van der Waals surface area contributed by atoms with E-state index in [0.29, 0.717) is 12.1 Å². The number of carbonyl (C=O) groups excluding carboxylic acids is 1. The summed E-state index contributed by atoms with van der Waals surface area (Å²) in [6.07, 6.45) is 5.51. The molecule has 34 nitrogen and oxygen atoms in total. The number of amides is 1. The summed E-state index contributed by atoms with van der Waals surface area (Å²) in [7, 11) is 0. The van der Waals surface area contributed by atoms with Crippen molar-refractivity contribution in [1.82, 2.24) is 15.3 Å². The standard InChI is InChI=1S/C9H11NO3.C9H11NO2.C6H9N3O2.C5H9NO2.C4H8N2O3.2C3H7NO3.2C2H5NO2/c10-8(9(12)13)5-6-1-3-7(11)4-2-6;10-8(9(11)12)6-7-4-2-1-3-5-7;7-5(6(10)11)1-4-2-8-3-9-4;7-5(8)4-2-1-3-6-4;5-2(4(8)9)1-3(6)7;2*4-2(1-5)3(6)7;2*3-1-2(4)5/h1-4,8,11H,5,10H2,(H,12,13);1-5,8H,6,10H2,(H,11,12);2-3,5H,1,7H2,(H,8,9)(H,10,11);4,6H,1-3H2,(H,7,8);2H,1,5H2,(H2,6,7)(H,8,9);2*2,5H,1,4H2,(H,6,7);2*1,3H2,(H,4,5)/t2*8-;5-;4-;3*2-;;/m0000000../s1. The summed E-state index contributed by atoms with van der Waals surface area (Å²) in [6, 6.07) is 9.42. The third kappa shape index (κ3) is 51.0. The van der Waals surface area contributed by atoms with Crippen molar-refractivity contribution >= 4 is 59.6 Å². The van der Waals surface area contributed by atoms with Crippen LogP contribution >= 0.6 is 0 Å². The lowest BCUT2D eigenvalue weighted by molar-refractivity contribution is -0.140. The van der Waals surface area contributed by atoms with E-state index in [9.17, 15) is 47.9 Å². The third-order valence-corrected chi connectivity index (χ3v) is 8.10. The summed E-state index contributed by atoms with van der Waals surface area (Å²) in [5, 5.41) is 101. The molecule has 0 bridgehead atoms. The predicted octanol–water partition coefficient (Wildman–Crippen LogP) is -6.71. The van der Waals surface area contributed by atoms with Crippen LogP contribution in [0.1, 0.15) is 36.1 Å². The van der Waals surface area contributed by atoms with Gasteiger partial charge in [-0.1, -0.05) is 42.5 Å². The maximum Gasteiger partial charge on any atom is 0.322 e. The number of aromatic amines is 1. The first kappa shape index (κ1) is 77.6. The molecule has 0 saturated carbocycles. The number of hydrogen-bond donors (Lipinski definition) is 23. The van der Waals surface area contributed by atoms with Gasteiger partial charge in [0.2, 0.25) is 5.91 Å². The van der Waals surface area contributed by atoms with Crippen molar-refractivity contribution in [2.75, 3.05) is 32.8 Å². The number of nitrogens with two attached hydrogens (primary N) is 9. The quantitative estimate of drug-likeness (QED) is 0.0530. The van der Waals surface area contributed by atoms with Crippen LogP contribution in [0.15, 0.2) is 67.1 Å². The Labute approximate surface area is 438 Å². The van der Waals surface area contributed by atoms with Gasteiger partial charge < -0.3 is 123 Å². The number of rotatable bonds is 19. The van der Waals surface area contributed by atoms with E-state index in [1.165, 1.54) is 18.5 Å². The van der Waals surface area contributed by atoms with Crippen LogP contribution in [0.4, 0.5) is 0 Å². The van der Waals surface area contributed by atoms with Gasteiger partial charge in [-0.25, -0.2) is 4.98 Å². The van der Waals surface area contributed by atoms with E-state index in [-0.39, 0.29) is 44.1 Å².